The summed E-state index contributed by atoms with van der Waals surface area (Å²) in [7, 11) is 2.14. The van der Waals surface area contributed by atoms with E-state index in [4.69, 9.17) is 0 Å². The molecule has 2 unspecified atom stereocenters. The number of amides is 1. The van der Waals surface area contributed by atoms with Crippen LogP contribution in [0.4, 0.5) is 0 Å². The van der Waals surface area contributed by atoms with E-state index in [0.717, 1.165) is 32.5 Å². The van der Waals surface area contributed by atoms with E-state index >= 15 is 0 Å². The molecule has 2 atom stereocenters. The molecule has 0 aromatic heterocycles. The lowest BCUT2D eigenvalue weighted by atomic mass is 9.99. The van der Waals surface area contributed by atoms with E-state index in [9.17, 15) is 4.79 Å². The number of hydrogen-bond donors (Lipinski definition) is 2. The average molecular weight is 225 g/mol. The fraction of sp³-hybridized carbons (Fsp3) is 0.917. The van der Waals surface area contributed by atoms with Crippen molar-refractivity contribution in [1.82, 2.24) is 15.5 Å². The molecule has 0 aromatic rings. The summed E-state index contributed by atoms with van der Waals surface area (Å²) in [5.74, 6) is 0.172. The van der Waals surface area contributed by atoms with Crippen molar-refractivity contribution >= 4 is 5.91 Å². The summed E-state index contributed by atoms with van der Waals surface area (Å²) in [6.45, 7) is 4.93. The monoisotopic (exact) mass is 225 g/mol. The summed E-state index contributed by atoms with van der Waals surface area (Å²) in [4.78, 5) is 14.4. The lowest BCUT2D eigenvalue weighted by molar-refractivity contribution is -0.126. The van der Waals surface area contributed by atoms with Crippen molar-refractivity contribution < 1.29 is 4.79 Å². The topological polar surface area (TPSA) is 44.4 Å². The van der Waals surface area contributed by atoms with Crippen LogP contribution in [-0.4, -0.2) is 49.1 Å². The highest BCUT2D eigenvalue weighted by Gasteiger charge is 2.36. The maximum absolute atomic E-state index is 12.0. The largest absolute Gasteiger partial charge is 0.353 e. The Labute approximate surface area is 97.8 Å². The smallest absolute Gasteiger partial charge is 0.240 e. The highest BCUT2D eigenvalue weighted by molar-refractivity contribution is 5.86. The first-order chi connectivity index (χ1) is 7.62. The second-order valence-electron chi connectivity index (χ2n) is 5.35. The Morgan fingerprint density at radius 1 is 1.56 bits per heavy atom. The molecule has 2 fully saturated rings. The third-order valence-corrected chi connectivity index (χ3v) is 4.04. The molecule has 0 bridgehead atoms. The van der Waals surface area contributed by atoms with Crippen LogP contribution in [-0.2, 0) is 4.79 Å². The summed E-state index contributed by atoms with van der Waals surface area (Å²) in [5.41, 5.74) is -0.322. The summed E-state index contributed by atoms with van der Waals surface area (Å²) in [5, 5.41) is 6.39. The highest BCUT2D eigenvalue weighted by Crippen LogP contribution is 2.19. The Hall–Kier alpha value is -0.610. The molecule has 92 valence electrons. The van der Waals surface area contributed by atoms with Gasteiger partial charge in [0.25, 0.3) is 0 Å². The number of nitrogens with one attached hydrogen (secondary N) is 2. The van der Waals surface area contributed by atoms with Crippen LogP contribution in [0.2, 0.25) is 0 Å². The van der Waals surface area contributed by atoms with Gasteiger partial charge in [0.1, 0.15) is 0 Å². The normalized spacial score (nSPS) is 35.5. The van der Waals surface area contributed by atoms with Gasteiger partial charge in [-0.3, -0.25) is 4.79 Å². The lowest BCUT2D eigenvalue weighted by Crippen LogP contribution is -2.53. The van der Waals surface area contributed by atoms with Crippen LogP contribution in [0.5, 0.6) is 0 Å². The Balaban J connectivity index is 1.79. The van der Waals surface area contributed by atoms with Crippen molar-refractivity contribution in [3.8, 4) is 0 Å². The van der Waals surface area contributed by atoms with E-state index in [2.05, 4.69) is 22.6 Å². The van der Waals surface area contributed by atoms with Crippen molar-refractivity contribution in [2.24, 2.45) is 0 Å². The van der Waals surface area contributed by atoms with E-state index < -0.39 is 0 Å². The van der Waals surface area contributed by atoms with Gasteiger partial charge in [0.2, 0.25) is 5.91 Å². The summed E-state index contributed by atoms with van der Waals surface area (Å²) in [6, 6.07) is 0.536. The predicted molar refractivity (Wildman–Crippen MR) is 64.3 cm³/mol. The highest BCUT2D eigenvalue weighted by atomic mass is 16.2. The van der Waals surface area contributed by atoms with Gasteiger partial charge in [-0.2, -0.15) is 0 Å². The van der Waals surface area contributed by atoms with Crippen molar-refractivity contribution in [2.45, 2.75) is 44.2 Å². The van der Waals surface area contributed by atoms with Crippen molar-refractivity contribution in [1.29, 1.82) is 0 Å². The lowest BCUT2D eigenvalue weighted by Gasteiger charge is -2.26. The van der Waals surface area contributed by atoms with Gasteiger partial charge >= 0.3 is 0 Å². The second-order valence-corrected chi connectivity index (χ2v) is 5.35. The van der Waals surface area contributed by atoms with E-state index in [-0.39, 0.29) is 11.4 Å². The molecule has 2 rings (SSSR count). The van der Waals surface area contributed by atoms with Gasteiger partial charge in [0.05, 0.1) is 5.54 Å². The van der Waals surface area contributed by atoms with Gasteiger partial charge in [-0.25, -0.2) is 0 Å². The van der Waals surface area contributed by atoms with Gasteiger partial charge in [-0.1, -0.05) is 0 Å². The average Bonchev–Trinajstić information content (AvgIpc) is 2.85. The van der Waals surface area contributed by atoms with Gasteiger partial charge < -0.3 is 15.5 Å². The maximum atomic E-state index is 12.0. The third kappa shape index (κ3) is 2.38. The Morgan fingerprint density at radius 3 is 2.94 bits per heavy atom. The molecular formula is C12H23N3O. The molecule has 2 aliphatic heterocycles. The molecule has 0 saturated carbocycles. The van der Waals surface area contributed by atoms with Crippen LogP contribution < -0.4 is 10.6 Å². The first-order valence-electron chi connectivity index (χ1n) is 6.35. The molecule has 2 aliphatic rings. The van der Waals surface area contributed by atoms with E-state index in [1.54, 1.807) is 0 Å². The minimum Gasteiger partial charge on any atom is -0.353 e. The van der Waals surface area contributed by atoms with Crippen LogP contribution in [0.1, 0.15) is 32.6 Å². The molecule has 2 heterocycles. The molecule has 0 spiro atoms. The number of likely N-dealkylation sites (tertiary alicyclic amines) is 1. The number of nitrogens with zero attached hydrogens (tertiary/aromatic N) is 1. The first kappa shape index (κ1) is 11.9. The first-order valence-corrected chi connectivity index (χ1v) is 6.35. The Bertz CT molecular complexity index is 261. The molecule has 1 amide bonds. The number of carbonyl (C=O) groups is 1. The molecule has 4 heteroatoms. The van der Waals surface area contributed by atoms with Crippen LogP contribution in [0.25, 0.3) is 0 Å². The van der Waals surface area contributed by atoms with E-state index in [1.165, 1.54) is 12.8 Å². The minimum absolute atomic E-state index is 0.172. The van der Waals surface area contributed by atoms with E-state index in [0.29, 0.717) is 6.04 Å². The number of rotatable bonds is 3. The van der Waals surface area contributed by atoms with Gasteiger partial charge in [-0.05, 0) is 52.7 Å². The van der Waals surface area contributed by atoms with Crippen LogP contribution >= 0.6 is 0 Å². The number of hydrogen-bond acceptors (Lipinski definition) is 3. The van der Waals surface area contributed by atoms with Crippen molar-refractivity contribution in [2.75, 3.05) is 26.7 Å². The molecule has 0 aromatic carbocycles. The fourth-order valence-corrected chi connectivity index (χ4v) is 2.73. The SMILES string of the molecule is CN1CCCC1CNC(=O)C1(C)CCCN1. The zero-order valence-corrected chi connectivity index (χ0v) is 10.4. The standard InChI is InChI=1S/C12H23N3O/c1-12(6-4-7-14-12)11(16)13-9-10-5-3-8-15(10)2/h10,14H,3-9H2,1-2H3,(H,13,16). The zero-order chi connectivity index (χ0) is 11.6. The van der Waals surface area contributed by atoms with Gasteiger partial charge in [-0.15, -0.1) is 0 Å². The maximum Gasteiger partial charge on any atom is 0.240 e. The molecule has 4 nitrogen and oxygen atoms in total. The van der Waals surface area contributed by atoms with Crippen LogP contribution in [0, 0.1) is 0 Å². The number of carbonyl (C=O) groups excluding carboxylic acids is 1. The Kier molecular flexibility index (Phi) is 3.50. The molecular weight excluding hydrogens is 202 g/mol. The van der Waals surface area contributed by atoms with Crippen molar-refractivity contribution in [3.05, 3.63) is 0 Å². The summed E-state index contributed by atoms with van der Waals surface area (Å²) >= 11 is 0. The second kappa shape index (κ2) is 4.72. The van der Waals surface area contributed by atoms with Crippen LogP contribution in [0.15, 0.2) is 0 Å². The molecule has 2 saturated heterocycles. The minimum atomic E-state index is -0.322. The fourth-order valence-electron chi connectivity index (χ4n) is 2.73. The molecule has 0 aliphatic carbocycles. The summed E-state index contributed by atoms with van der Waals surface area (Å²) in [6.07, 6.45) is 4.53. The van der Waals surface area contributed by atoms with Crippen LogP contribution in [0.3, 0.4) is 0 Å². The molecule has 2 N–H and O–H groups in total. The van der Waals surface area contributed by atoms with Gasteiger partial charge in [0.15, 0.2) is 0 Å². The quantitative estimate of drug-likeness (QED) is 0.728. The zero-order valence-electron chi connectivity index (χ0n) is 10.4. The van der Waals surface area contributed by atoms with Crippen molar-refractivity contribution in [3.63, 3.8) is 0 Å². The number of likely N-dealkylation sites (N-methyl/N-ethyl adjacent to an activating group) is 1. The molecule has 0 radical (unpaired) electrons. The van der Waals surface area contributed by atoms with E-state index in [1.807, 2.05) is 6.92 Å². The Morgan fingerprint density at radius 2 is 2.38 bits per heavy atom. The summed E-state index contributed by atoms with van der Waals surface area (Å²) < 4.78 is 0. The molecule has 16 heavy (non-hydrogen) atoms. The predicted octanol–water partition coefficient (Wildman–Crippen LogP) is 0.339. The third-order valence-electron chi connectivity index (χ3n) is 4.04. The van der Waals surface area contributed by atoms with Gasteiger partial charge in [0, 0.05) is 12.6 Å².